The maximum Gasteiger partial charge on any atom is 0.274 e. The highest BCUT2D eigenvalue weighted by Crippen LogP contribution is 2.22. The summed E-state index contributed by atoms with van der Waals surface area (Å²) in [6, 6.07) is 6.01. The summed E-state index contributed by atoms with van der Waals surface area (Å²) in [7, 11) is 0. The van der Waals surface area contributed by atoms with E-state index in [2.05, 4.69) is 25.9 Å². The van der Waals surface area contributed by atoms with Gasteiger partial charge in [-0.2, -0.15) is 0 Å². The van der Waals surface area contributed by atoms with Crippen LogP contribution >= 0.6 is 0 Å². The lowest BCUT2D eigenvalue weighted by atomic mass is 9.96. The van der Waals surface area contributed by atoms with E-state index in [-0.39, 0.29) is 5.91 Å². The van der Waals surface area contributed by atoms with Gasteiger partial charge in [-0.3, -0.25) is 9.78 Å². The molecule has 0 bridgehead atoms. The maximum absolute atomic E-state index is 12.5. The van der Waals surface area contributed by atoms with E-state index in [0.29, 0.717) is 18.2 Å². The largest absolute Gasteiger partial charge is 0.357 e. The van der Waals surface area contributed by atoms with E-state index in [1.54, 1.807) is 12.4 Å². The summed E-state index contributed by atoms with van der Waals surface area (Å²) in [5.74, 6) is 1.53. The number of aromatic nitrogens is 3. The second-order valence-corrected chi connectivity index (χ2v) is 6.05. The first-order chi connectivity index (χ1) is 11.8. The molecule has 0 radical (unpaired) electrons. The van der Waals surface area contributed by atoms with Crippen LogP contribution in [0.4, 0.5) is 5.82 Å². The molecular formula is C18H23N5O. The van der Waals surface area contributed by atoms with E-state index in [0.717, 1.165) is 38.3 Å². The van der Waals surface area contributed by atoms with E-state index in [1.807, 2.05) is 30.2 Å². The molecule has 0 spiro atoms. The molecule has 1 aliphatic heterocycles. The molecule has 1 aliphatic rings. The summed E-state index contributed by atoms with van der Waals surface area (Å²) in [6.45, 7) is 5.45. The number of piperidine rings is 1. The third-order valence-corrected chi connectivity index (χ3v) is 4.52. The van der Waals surface area contributed by atoms with E-state index >= 15 is 0 Å². The van der Waals surface area contributed by atoms with Gasteiger partial charge in [0.05, 0.1) is 6.20 Å². The van der Waals surface area contributed by atoms with Crippen LogP contribution in [-0.4, -0.2) is 51.9 Å². The summed E-state index contributed by atoms with van der Waals surface area (Å²) in [5, 5.41) is 0. The SMILES string of the molecule is CCN(CC1CCN(c2ccccn2)CC1)C(=O)c1cnccn1. The first kappa shape index (κ1) is 16.4. The summed E-state index contributed by atoms with van der Waals surface area (Å²) in [4.78, 5) is 29.3. The normalized spacial score (nSPS) is 15.3. The summed E-state index contributed by atoms with van der Waals surface area (Å²) in [5.41, 5.74) is 0.422. The second-order valence-electron chi connectivity index (χ2n) is 6.05. The molecule has 0 aliphatic carbocycles. The molecule has 24 heavy (non-hydrogen) atoms. The van der Waals surface area contributed by atoms with Gasteiger partial charge in [-0.05, 0) is 37.8 Å². The van der Waals surface area contributed by atoms with Crippen molar-refractivity contribution in [2.24, 2.45) is 5.92 Å². The number of anilines is 1. The molecule has 2 aromatic heterocycles. The lowest BCUT2D eigenvalue weighted by Gasteiger charge is -2.35. The van der Waals surface area contributed by atoms with E-state index < -0.39 is 0 Å². The molecule has 126 valence electrons. The van der Waals surface area contributed by atoms with Crippen LogP contribution in [0.2, 0.25) is 0 Å². The Morgan fingerprint density at radius 3 is 2.67 bits per heavy atom. The van der Waals surface area contributed by atoms with Gasteiger partial charge in [0.1, 0.15) is 11.5 Å². The molecule has 2 aromatic rings. The Kier molecular flexibility index (Phi) is 5.36. The molecule has 0 N–H and O–H groups in total. The molecule has 0 atom stereocenters. The molecule has 1 amide bonds. The Morgan fingerprint density at radius 2 is 2.04 bits per heavy atom. The van der Waals surface area contributed by atoms with Crippen LogP contribution in [0, 0.1) is 5.92 Å². The summed E-state index contributed by atoms with van der Waals surface area (Å²) < 4.78 is 0. The fraction of sp³-hybridized carbons (Fsp3) is 0.444. The smallest absolute Gasteiger partial charge is 0.274 e. The van der Waals surface area contributed by atoms with Crippen LogP contribution in [0.3, 0.4) is 0 Å². The second kappa shape index (κ2) is 7.86. The van der Waals surface area contributed by atoms with Crippen LogP contribution in [0.15, 0.2) is 43.0 Å². The van der Waals surface area contributed by atoms with Gasteiger partial charge in [0, 0.05) is 44.8 Å². The minimum Gasteiger partial charge on any atom is -0.357 e. The van der Waals surface area contributed by atoms with Gasteiger partial charge >= 0.3 is 0 Å². The third kappa shape index (κ3) is 3.88. The Morgan fingerprint density at radius 1 is 1.21 bits per heavy atom. The van der Waals surface area contributed by atoms with E-state index in [9.17, 15) is 4.79 Å². The van der Waals surface area contributed by atoms with Crippen molar-refractivity contribution in [3.63, 3.8) is 0 Å². The van der Waals surface area contributed by atoms with Crippen LogP contribution < -0.4 is 4.90 Å². The molecule has 6 heteroatoms. The van der Waals surface area contributed by atoms with Crippen molar-refractivity contribution >= 4 is 11.7 Å². The van der Waals surface area contributed by atoms with Gasteiger partial charge in [-0.15, -0.1) is 0 Å². The molecule has 1 saturated heterocycles. The number of carbonyl (C=O) groups is 1. The highest BCUT2D eigenvalue weighted by molar-refractivity contribution is 5.91. The van der Waals surface area contributed by atoms with Crippen LogP contribution in [-0.2, 0) is 0 Å². The van der Waals surface area contributed by atoms with Crippen molar-refractivity contribution < 1.29 is 4.79 Å². The summed E-state index contributed by atoms with van der Waals surface area (Å²) in [6.07, 6.45) is 8.66. The van der Waals surface area contributed by atoms with Crippen molar-refractivity contribution in [2.45, 2.75) is 19.8 Å². The topological polar surface area (TPSA) is 62.2 Å². The lowest BCUT2D eigenvalue weighted by molar-refractivity contribution is 0.0723. The molecule has 3 heterocycles. The fourth-order valence-corrected chi connectivity index (χ4v) is 3.12. The van der Waals surface area contributed by atoms with Crippen molar-refractivity contribution in [3.05, 3.63) is 48.7 Å². The Bertz CT molecular complexity index is 641. The number of hydrogen-bond donors (Lipinski definition) is 0. The van der Waals surface area contributed by atoms with Gasteiger partial charge in [0.2, 0.25) is 0 Å². The quantitative estimate of drug-likeness (QED) is 0.844. The Labute approximate surface area is 142 Å². The van der Waals surface area contributed by atoms with Crippen LogP contribution in [0.5, 0.6) is 0 Å². The fourth-order valence-electron chi connectivity index (χ4n) is 3.12. The highest BCUT2D eigenvalue weighted by Gasteiger charge is 2.24. The zero-order valence-electron chi connectivity index (χ0n) is 14.0. The maximum atomic E-state index is 12.5. The standard InChI is InChI=1S/C18H23N5O/c1-2-22(18(24)16-13-19-9-10-20-16)14-15-6-11-23(12-7-15)17-5-3-4-8-21-17/h3-5,8-10,13,15H,2,6-7,11-12,14H2,1H3. The van der Waals surface area contributed by atoms with Gasteiger partial charge in [-0.1, -0.05) is 6.07 Å². The van der Waals surface area contributed by atoms with Crippen molar-refractivity contribution in [1.29, 1.82) is 0 Å². The van der Waals surface area contributed by atoms with E-state index in [4.69, 9.17) is 0 Å². The van der Waals surface area contributed by atoms with Gasteiger partial charge < -0.3 is 9.80 Å². The minimum atomic E-state index is -0.0299. The molecule has 0 aromatic carbocycles. The number of nitrogens with zero attached hydrogens (tertiary/aromatic N) is 5. The van der Waals surface area contributed by atoms with Crippen molar-refractivity contribution in [1.82, 2.24) is 19.9 Å². The molecule has 1 fully saturated rings. The predicted octanol–water partition coefficient (Wildman–Crippen LogP) is 2.25. The number of amides is 1. The van der Waals surface area contributed by atoms with Gasteiger partial charge in [-0.25, -0.2) is 9.97 Å². The zero-order chi connectivity index (χ0) is 16.8. The average molecular weight is 325 g/mol. The Balaban J connectivity index is 1.55. The predicted molar refractivity (Wildman–Crippen MR) is 92.8 cm³/mol. The number of pyridine rings is 1. The van der Waals surface area contributed by atoms with Crippen LogP contribution in [0.25, 0.3) is 0 Å². The van der Waals surface area contributed by atoms with Gasteiger partial charge in [0.25, 0.3) is 5.91 Å². The summed E-state index contributed by atoms with van der Waals surface area (Å²) >= 11 is 0. The monoisotopic (exact) mass is 325 g/mol. The molecular weight excluding hydrogens is 302 g/mol. The van der Waals surface area contributed by atoms with Gasteiger partial charge in [0.15, 0.2) is 0 Å². The van der Waals surface area contributed by atoms with Crippen molar-refractivity contribution in [3.8, 4) is 0 Å². The first-order valence-corrected chi connectivity index (χ1v) is 8.49. The number of carbonyl (C=O) groups excluding carboxylic acids is 1. The minimum absolute atomic E-state index is 0.0299. The number of rotatable bonds is 5. The third-order valence-electron chi connectivity index (χ3n) is 4.52. The first-order valence-electron chi connectivity index (χ1n) is 8.49. The molecule has 0 unspecified atom stereocenters. The molecule has 0 saturated carbocycles. The average Bonchev–Trinajstić information content (AvgIpc) is 2.67. The van der Waals surface area contributed by atoms with Crippen LogP contribution in [0.1, 0.15) is 30.3 Å². The highest BCUT2D eigenvalue weighted by atomic mass is 16.2. The molecule has 3 rings (SSSR count). The molecule has 6 nitrogen and oxygen atoms in total. The zero-order valence-corrected chi connectivity index (χ0v) is 14.0. The lowest BCUT2D eigenvalue weighted by Crippen LogP contribution is -2.41. The Hall–Kier alpha value is -2.50. The van der Waals surface area contributed by atoms with E-state index in [1.165, 1.54) is 6.20 Å². The van der Waals surface area contributed by atoms with Crippen molar-refractivity contribution in [2.75, 3.05) is 31.1 Å². The number of hydrogen-bond acceptors (Lipinski definition) is 5.